The van der Waals surface area contributed by atoms with Crippen molar-refractivity contribution in [3.8, 4) is 0 Å². The van der Waals surface area contributed by atoms with E-state index in [4.69, 9.17) is 5.73 Å². The van der Waals surface area contributed by atoms with E-state index in [-0.39, 0.29) is 5.41 Å². The zero-order valence-electron chi connectivity index (χ0n) is 11.7. The molecule has 2 saturated heterocycles. The minimum atomic E-state index is -0.477. The molecule has 0 aromatic rings. The van der Waals surface area contributed by atoms with Crippen LogP contribution in [0.3, 0.4) is 0 Å². The van der Waals surface area contributed by atoms with Crippen molar-refractivity contribution in [3.63, 3.8) is 0 Å². The molecule has 3 aliphatic rings. The van der Waals surface area contributed by atoms with E-state index in [2.05, 4.69) is 11.8 Å². The number of hydrogen-bond donors (Lipinski definition) is 2. The molecule has 3 heteroatoms. The van der Waals surface area contributed by atoms with Crippen molar-refractivity contribution in [1.82, 2.24) is 4.90 Å². The van der Waals surface area contributed by atoms with E-state index >= 15 is 0 Å². The Morgan fingerprint density at radius 1 is 1.17 bits per heavy atom. The maximum atomic E-state index is 11.4. The largest absolute Gasteiger partial charge is 0.389 e. The first kappa shape index (κ1) is 12.9. The predicted molar refractivity (Wildman–Crippen MR) is 73.2 cm³/mol. The van der Waals surface area contributed by atoms with Gasteiger partial charge in [0.25, 0.3) is 0 Å². The normalized spacial score (nSPS) is 52.5. The van der Waals surface area contributed by atoms with Gasteiger partial charge in [-0.15, -0.1) is 0 Å². The highest BCUT2D eigenvalue weighted by Crippen LogP contribution is 2.53. The van der Waals surface area contributed by atoms with Gasteiger partial charge in [-0.1, -0.05) is 19.8 Å². The first-order chi connectivity index (χ1) is 8.60. The molecular weight excluding hydrogens is 224 g/mol. The summed E-state index contributed by atoms with van der Waals surface area (Å²) in [5.74, 6) is 1.29. The van der Waals surface area contributed by atoms with Gasteiger partial charge in [-0.25, -0.2) is 0 Å². The Morgan fingerprint density at radius 3 is 2.56 bits per heavy atom. The van der Waals surface area contributed by atoms with Crippen molar-refractivity contribution < 1.29 is 5.11 Å². The molecule has 0 aromatic heterocycles. The highest BCUT2D eigenvalue weighted by atomic mass is 16.3. The summed E-state index contributed by atoms with van der Waals surface area (Å²) < 4.78 is 0. The zero-order chi connectivity index (χ0) is 12.8. The van der Waals surface area contributed by atoms with Crippen LogP contribution in [0.5, 0.6) is 0 Å². The molecular formula is C15H28N2O. The van der Waals surface area contributed by atoms with Crippen LogP contribution in [-0.2, 0) is 0 Å². The number of nitrogens with two attached hydrogens (primary N) is 1. The molecule has 0 aromatic carbocycles. The van der Waals surface area contributed by atoms with E-state index in [1.807, 2.05) is 0 Å². The van der Waals surface area contributed by atoms with Crippen molar-refractivity contribution >= 4 is 0 Å². The van der Waals surface area contributed by atoms with Gasteiger partial charge in [0.15, 0.2) is 0 Å². The van der Waals surface area contributed by atoms with Crippen molar-refractivity contribution in [2.75, 3.05) is 26.2 Å². The molecule has 3 nitrogen and oxygen atoms in total. The fraction of sp³-hybridized carbons (Fsp3) is 1.00. The molecule has 1 saturated carbocycles. The van der Waals surface area contributed by atoms with Crippen molar-refractivity contribution in [3.05, 3.63) is 0 Å². The second-order valence-electron chi connectivity index (χ2n) is 7.13. The van der Waals surface area contributed by atoms with Gasteiger partial charge in [-0.2, -0.15) is 0 Å². The van der Waals surface area contributed by atoms with Crippen LogP contribution in [0.15, 0.2) is 0 Å². The summed E-state index contributed by atoms with van der Waals surface area (Å²) in [6.45, 7) is 6.37. The Kier molecular flexibility index (Phi) is 3.20. The van der Waals surface area contributed by atoms with Crippen molar-refractivity contribution in [2.45, 2.75) is 51.0 Å². The zero-order valence-corrected chi connectivity index (χ0v) is 11.7. The second kappa shape index (κ2) is 4.46. The summed E-state index contributed by atoms with van der Waals surface area (Å²) in [6.07, 6.45) is 6.89. The predicted octanol–water partition coefficient (Wildman–Crippen LogP) is 1.60. The summed E-state index contributed by atoms with van der Waals surface area (Å²) in [4.78, 5) is 2.51. The average molecular weight is 252 g/mol. The lowest BCUT2D eigenvalue weighted by atomic mass is 9.56. The van der Waals surface area contributed by atoms with Crippen LogP contribution in [0.25, 0.3) is 0 Å². The monoisotopic (exact) mass is 252 g/mol. The first-order valence-electron chi connectivity index (χ1n) is 7.74. The molecule has 3 fully saturated rings. The maximum absolute atomic E-state index is 11.4. The van der Waals surface area contributed by atoms with Crippen LogP contribution in [0.1, 0.15) is 45.4 Å². The molecule has 2 heterocycles. The summed E-state index contributed by atoms with van der Waals surface area (Å²) in [7, 11) is 0. The lowest BCUT2D eigenvalue weighted by molar-refractivity contribution is -0.156. The quantitative estimate of drug-likeness (QED) is 0.785. The van der Waals surface area contributed by atoms with E-state index < -0.39 is 5.60 Å². The highest BCUT2D eigenvalue weighted by Gasteiger charge is 2.57. The SMILES string of the molecule is CC1CCC(CN)(C2(O)CCN3CCC2C3)CC1. The highest BCUT2D eigenvalue weighted by molar-refractivity contribution is 5.09. The van der Waals surface area contributed by atoms with Crippen LogP contribution in [0.2, 0.25) is 0 Å². The van der Waals surface area contributed by atoms with Crippen LogP contribution < -0.4 is 5.73 Å². The number of piperidine rings is 1. The molecule has 104 valence electrons. The molecule has 2 aliphatic heterocycles. The topological polar surface area (TPSA) is 49.5 Å². The Labute approximate surface area is 111 Å². The second-order valence-corrected chi connectivity index (χ2v) is 7.13. The van der Waals surface area contributed by atoms with Crippen LogP contribution >= 0.6 is 0 Å². The van der Waals surface area contributed by atoms with Gasteiger partial charge in [0, 0.05) is 31.0 Å². The van der Waals surface area contributed by atoms with E-state index in [9.17, 15) is 5.11 Å². The molecule has 1 aliphatic carbocycles. The number of hydrogen-bond acceptors (Lipinski definition) is 3. The van der Waals surface area contributed by atoms with Gasteiger partial charge >= 0.3 is 0 Å². The van der Waals surface area contributed by atoms with Gasteiger partial charge in [0.05, 0.1) is 5.60 Å². The third kappa shape index (κ3) is 1.75. The van der Waals surface area contributed by atoms with E-state index in [1.165, 1.54) is 25.8 Å². The van der Waals surface area contributed by atoms with Gasteiger partial charge in [0.2, 0.25) is 0 Å². The maximum Gasteiger partial charge on any atom is 0.0768 e. The Balaban J connectivity index is 1.85. The molecule has 0 amide bonds. The Morgan fingerprint density at radius 2 is 1.89 bits per heavy atom. The Bertz CT molecular complexity index is 312. The van der Waals surface area contributed by atoms with Gasteiger partial charge in [-0.05, 0) is 38.1 Å². The van der Waals surface area contributed by atoms with Crippen molar-refractivity contribution in [2.24, 2.45) is 23.0 Å². The fourth-order valence-electron chi connectivity index (χ4n) is 4.78. The van der Waals surface area contributed by atoms with Crippen LogP contribution in [0.4, 0.5) is 0 Å². The lowest BCUT2D eigenvalue weighted by Gasteiger charge is -2.55. The van der Waals surface area contributed by atoms with Gasteiger partial charge < -0.3 is 15.7 Å². The van der Waals surface area contributed by atoms with E-state index in [1.54, 1.807) is 0 Å². The summed E-state index contributed by atoms with van der Waals surface area (Å²) in [5, 5.41) is 11.4. The lowest BCUT2D eigenvalue weighted by Crippen LogP contribution is -2.61. The molecule has 3 N–H and O–H groups in total. The molecule has 0 spiro atoms. The average Bonchev–Trinajstić information content (AvgIpc) is 2.80. The summed E-state index contributed by atoms with van der Waals surface area (Å²) >= 11 is 0. The Hall–Kier alpha value is -0.120. The number of nitrogens with zero attached hydrogens (tertiary/aromatic N) is 1. The minimum absolute atomic E-state index is 0.0145. The van der Waals surface area contributed by atoms with Crippen LogP contribution in [-0.4, -0.2) is 41.8 Å². The fourth-order valence-corrected chi connectivity index (χ4v) is 4.78. The van der Waals surface area contributed by atoms with Crippen molar-refractivity contribution in [1.29, 1.82) is 0 Å². The van der Waals surface area contributed by atoms with E-state index in [0.717, 1.165) is 38.3 Å². The minimum Gasteiger partial charge on any atom is -0.389 e. The third-order valence-corrected chi connectivity index (χ3v) is 6.30. The van der Waals surface area contributed by atoms with Gasteiger partial charge in [-0.3, -0.25) is 0 Å². The van der Waals surface area contributed by atoms with Gasteiger partial charge in [0.1, 0.15) is 0 Å². The molecule has 0 radical (unpaired) electrons. The molecule has 18 heavy (non-hydrogen) atoms. The first-order valence-corrected chi connectivity index (χ1v) is 7.74. The summed E-state index contributed by atoms with van der Waals surface area (Å²) in [6, 6.07) is 0. The van der Waals surface area contributed by atoms with Crippen LogP contribution in [0, 0.1) is 17.3 Å². The number of aliphatic hydroxyl groups is 1. The molecule has 3 rings (SSSR count). The number of fused-ring (bicyclic) bond motifs is 2. The number of rotatable bonds is 2. The smallest absolute Gasteiger partial charge is 0.0768 e. The standard InChI is InChI=1S/C15H28N2O/c1-12-2-5-14(11-16,6-3-12)15(18)7-9-17-8-4-13(15)10-17/h12-13,18H,2-11,16H2,1H3. The molecule has 3 unspecified atom stereocenters. The third-order valence-electron chi connectivity index (χ3n) is 6.30. The summed E-state index contributed by atoms with van der Waals surface area (Å²) in [5.41, 5.74) is 5.69. The van der Waals surface area contributed by atoms with E-state index in [0.29, 0.717) is 12.5 Å². The molecule has 3 atom stereocenters. The molecule has 2 bridgehead atoms.